The number of guanidine groups is 1. The zero-order valence-electron chi connectivity index (χ0n) is 10.9. The molecule has 0 bridgehead atoms. The Morgan fingerprint density at radius 2 is 1.94 bits per heavy atom. The van der Waals surface area contributed by atoms with Gasteiger partial charge in [-0.15, -0.1) is 0 Å². The molecule has 0 amide bonds. The number of aliphatic imine (C=N–C) groups is 1. The first-order chi connectivity index (χ1) is 7.37. The van der Waals surface area contributed by atoms with E-state index in [1.165, 1.54) is 0 Å². The largest absolute Gasteiger partial charge is 0.385 e. The first kappa shape index (κ1) is 13.3. The van der Waals surface area contributed by atoms with Gasteiger partial charge in [-0.25, -0.2) is 4.99 Å². The Kier molecular flexibility index (Phi) is 4.15. The van der Waals surface area contributed by atoms with Crippen molar-refractivity contribution >= 4 is 5.96 Å². The number of hydrogen-bond acceptors (Lipinski definition) is 3. The van der Waals surface area contributed by atoms with Gasteiger partial charge in [0.05, 0.1) is 12.6 Å². The second kappa shape index (κ2) is 5.01. The third-order valence-corrected chi connectivity index (χ3v) is 2.95. The van der Waals surface area contributed by atoms with Gasteiger partial charge in [0.15, 0.2) is 5.96 Å². The Hall–Kier alpha value is -0.810. The van der Waals surface area contributed by atoms with Crippen molar-refractivity contribution in [2.75, 3.05) is 41.3 Å². The Morgan fingerprint density at radius 1 is 1.38 bits per heavy atom. The molecule has 5 heteroatoms. The standard InChI is InChI=1S/C11H23N3O2/c1-9-11(15,6-7-16-9)8-12-10(13(2)3)14(4)5/h9,15H,6-8H2,1-5H3. The highest BCUT2D eigenvalue weighted by Crippen LogP contribution is 2.25. The third kappa shape index (κ3) is 2.86. The number of ether oxygens (including phenoxy) is 1. The summed E-state index contributed by atoms with van der Waals surface area (Å²) in [5, 5.41) is 10.3. The number of hydrogen-bond donors (Lipinski definition) is 1. The van der Waals surface area contributed by atoms with Crippen molar-refractivity contribution in [3.63, 3.8) is 0 Å². The highest BCUT2D eigenvalue weighted by molar-refractivity contribution is 5.79. The van der Waals surface area contributed by atoms with E-state index in [-0.39, 0.29) is 6.10 Å². The molecule has 5 nitrogen and oxygen atoms in total. The smallest absolute Gasteiger partial charge is 0.195 e. The molecule has 0 saturated carbocycles. The molecular weight excluding hydrogens is 206 g/mol. The van der Waals surface area contributed by atoms with Crippen molar-refractivity contribution in [2.24, 2.45) is 4.99 Å². The highest BCUT2D eigenvalue weighted by atomic mass is 16.5. The molecule has 1 N–H and O–H groups in total. The van der Waals surface area contributed by atoms with E-state index in [0.29, 0.717) is 19.6 Å². The lowest BCUT2D eigenvalue weighted by molar-refractivity contribution is -0.0203. The van der Waals surface area contributed by atoms with Crippen LogP contribution < -0.4 is 0 Å². The van der Waals surface area contributed by atoms with E-state index in [1.54, 1.807) is 0 Å². The summed E-state index contributed by atoms with van der Waals surface area (Å²) in [7, 11) is 7.77. The molecule has 0 aromatic heterocycles. The van der Waals surface area contributed by atoms with Gasteiger partial charge in [0.1, 0.15) is 5.60 Å². The maximum absolute atomic E-state index is 10.3. The predicted octanol–water partition coefficient (Wildman–Crippen LogP) is 0.00550. The van der Waals surface area contributed by atoms with E-state index < -0.39 is 5.60 Å². The number of aliphatic hydroxyl groups is 1. The Labute approximate surface area is 97.7 Å². The van der Waals surface area contributed by atoms with E-state index in [4.69, 9.17) is 4.74 Å². The highest BCUT2D eigenvalue weighted by Gasteiger charge is 2.39. The molecule has 0 aromatic rings. The lowest BCUT2D eigenvalue weighted by Crippen LogP contribution is -2.42. The average molecular weight is 229 g/mol. The summed E-state index contributed by atoms with van der Waals surface area (Å²) < 4.78 is 5.38. The van der Waals surface area contributed by atoms with Gasteiger partial charge in [0, 0.05) is 41.2 Å². The van der Waals surface area contributed by atoms with Crippen molar-refractivity contribution in [1.29, 1.82) is 0 Å². The summed E-state index contributed by atoms with van der Waals surface area (Å²) in [5.74, 6) is 0.854. The molecule has 0 aromatic carbocycles. The zero-order valence-corrected chi connectivity index (χ0v) is 10.9. The minimum absolute atomic E-state index is 0.137. The molecule has 1 saturated heterocycles. The van der Waals surface area contributed by atoms with Crippen LogP contribution in [0.2, 0.25) is 0 Å². The minimum Gasteiger partial charge on any atom is -0.385 e. The van der Waals surface area contributed by atoms with Crippen LogP contribution in [0.3, 0.4) is 0 Å². The third-order valence-electron chi connectivity index (χ3n) is 2.95. The first-order valence-corrected chi connectivity index (χ1v) is 5.60. The minimum atomic E-state index is -0.808. The van der Waals surface area contributed by atoms with Gasteiger partial charge in [-0.05, 0) is 6.92 Å². The van der Waals surface area contributed by atoms with Gasteiger partial charge < -0.3 is 19.6 Å². The number of rotatable bonds is 2. The molecule has 16 heavy (non-hydrogen) atoms. The van der Waals surface area contributed by atoms with Crippen molar-refractivity contribution in [3.05, 3.63) is 0 Å². The summed E-state index contributed by atoms with van der Waals surface area (Å²) in [6.45, 7) is 2.90. The average Bonchev–Trinajstić information content (AvgIpc) is 2.46. The lowest BCUT2D eigenvalue weighted by atomic mass is 9.97. The second-order valence-corrected chi connectivity index (χ2v) is 4.77. The molecule has 0 radical (unpaired) electrons. The summed E-state index contributed by atoms with van der Waals surface area (Å²) in [6, 6.07) is 0. The van der Waals surface area contributed by atoms with E-state index in [0.717, 1.165) is 5.96 Å². The molecule has 1 aliphatic rings. The summed E-state index contributed by atoms with van der Waals surface area (Å²) in [4.78, 5) is 8.33. The second-order valence-electron chi connectivity index (χ2n) is 4.77. The fourth-order valence-corrected chi connectivity index (χ4v) is 1.87. The normalized spacial score (nSPS) is 29.0. The molecule has 1 fully saturated rings. The van der Waals surface area contributed by atoms with Gasteiger partial charge in [0.25, 0.3) is 0 Å². The van der Waals surface area contributed by atoms with Crippen LogP contribution >= 0.6 is 0 Å². The van der Waals surface area contributed by atoms with Crippen molar-refractivity contribution in [3.8, 4) is 0 Å². The summed E-state index contributed by atoms with van der Waals surface area (Å²) >= 11 is 0. The van der Waals surface area contributed by atoms with Crippen LogP contribution in [-0.4, -0.2) is 73.9 Å². The van der Waals surface area contributed by atoms with Crippen molar-refractivity contribution in [2.45, 2.75) is 25.0 Å². The SMILES string of the molecule is CC1OCCC1(O)CN=C(N(C)C)N(C)C. The van der Waals surface area contributed by atoms with Crippen LogP contribution in [0.1, 0.15) is 13.3 Å². The predicted molar refractivity (Wildman–Crippen MR) is 64.7 cm³/mol. The Balaban J connectivity index is 2.69. The van der Waals surface area contributed by atoms with Gasteiger partial charge in [-0.3, -0.25) is 0 Å². The fourth-order valence-electron chi connectivity index (χ4n) is 1.87. The van der Waals surface area contributed by atoms with Gasteiger partial charge >= 0.3 is 0 Å². The van der Waals surface area contributed by atoms with E-state index in [9.17, 15) is 5.11 Å². The Morgan fingerprint density at radius 3 is 2.31 bits per heavy atom. The zero-order chi connectivity index (χ0) is 12.3. The molecular formula is C11H23N3O2. The maximum Gasteiger partial charge on any atom is 0.195 e. The maximum atomic E-state index is 10.3. The molecule has 1 aliphatic heterocycles. The number of nitrogens with zero attached hydrogens (tertiary/aromatic N) is 3. The van der Waals surface area contributed by atoms with Crippen LogP contribution in [0.25, 0.3) is 0 Å². The van der Waals surface area contributed by atoms with E-state index >= 15 is 0 Å². The fraction of sp³-hybridized carbons (Fsp3) is 0.909. The Bertz CT molecular complexity index is 256. The molecule has 1 rings (SSSR count). The van der Waals surface area contributed by atoms with Crippen LogP contribution in [0.5, 0.6) is 0 Å². The molecule has 0 aliphatic carbocycles. The van der Waals surface area contributed by atoms with Crippen molar-refractivity contribution in [1.82, 2.24) is 9.80 Å². The molecule has 2 atom stereocenters. The lowest BCUT2D eigenvalue weighted by Gasteiger charge is -2.27. The molecule has 2 unspecified atom stereocenters. The first-order valence-electron chi connectivity index (χ1n) is 5.60. The topological polar surface area (TPSA) is 48.3 Å². The van der Waals surface area contributed by atoms with Crippen LogP contribution in [0.4, 0.5) is 0 Å². The monoisotopic (exact) mass is 229 g/mol. The van der Waals surface area contributed by atoms with Gasteiger partial charge in [0.2, 0.25) is 0 Å². The van der Waals surface area contributed by atoms with Crippen LogP contribution in [0, 0.1) is 0 Å². The van der Waals surface area contributed by atoms with Gasteiger partial charge in [-0.1, -0.05) is 0 Å². The van der Waals surface area contributed by atoms with Crippen LogP contribution in [0.15, 0.2) is 4.99 Å². The quantitative estimate of drug-likeness (QED) is 0.535. The molecule has 94 valence electrons. The summed E-state index contributed by atoms with van der Waals surface area (Å²) in [5.41, 5.74) is -0.808. The van der Waals surface area contributed by atoms with Gasteiger partial charge in [-0.2, -0.15) is 0 Å². The molecule has 0 spiro atoms. The van der Waals surface area contributed by atoms with Crippen molar-refractivity contribution < 1.29 is 9.84 Å². The summed E-state index contributed by atoms with van der Waals surface area (Å²) in [6.07, 6.45) is 0.521. The van der Waals surface area contributed by atoms with E-state index in [2.05, 4.69) is 4.99 Å². The van der Waals surface area contributed by atoms with Crippen LogP contribution in [-0.2, 0) is 4.74 Å². The van der Waals surface area contributed by atoms with E-state index in [1.807, 2.05) is 44.9 Å². The molecule has 1 heterocycles.